The molecule has 1 atom stereocenters. The van der Waals surface area contributed by atoms with Gasteiger partial charge < -0.3 is 26.0 Å². The van der Waals surface area contributed by atoms with Crippen LogP contribution in [0.3, 0.4) is 0 Å². The van der Waals surface area contributed by atoms with Crippen molar-refractivity contribution >= 4 is 17.9 Å². The smallest absolute Gasteiger partial charge is 0.315 e. The van der Waals surface area contributed by atoms with E-state index in [1.54, 1.807) is 11.8 Å². The first-order chi connectivity index (χ1) is 9.52. The predicted molar refractivity (Wildman–Crippen MR) is 72.3 cm³/mol. The number of urea groups is 1. The number of rotatable bonds is 6. The van der Waals surface area contributed by atoms with Crippen LogP contribution in [0.25, 0.3) is 0 Å². The third-order valence-electron chi connectivity index (χ3n) is 3.12. The van der Waals surface area contributed by atoms with Gasteiger partial charge in [-0.25, -0.2) is 4.79 Å². The van der Waals surface area contributed by atoms with Crippen LogP contribution in [0.1, 0.15) is 19.8 Å². The molecule has 0 bridgehead atoms. The fourth-order valence-electron chi connectivity index (χ4n) is 1.93. The largest absolute Gasteiger partial charge is 0.481 e. The predicted octanol–water partition coefficient (Wildman–Crippen LogP) is -1.03. The van der Waals surface area contributed by atoms with Crippen LogP contribution in [0.5, 0.6) is 0 Å². The molecular weight excluding hydrogens is 264 g/mol. The van der Waals surface area contributed by atoms with Crippen molar-refractivity contribution in [2.45, 2.75) is 25.8 Å². The number of carboxylic acid groups (broad SMARTS) is 1. The lowest BCUT2D eigenvalue weighted by Gasteiger charge is -2.27. The number of carbonyl (C=O) groups excluding carboxylic acids is 2. The van der Waals surface area contributed by atoms with Gasteiger partial charge in [-0.05, 0) is 6.42 Å². The summed E-state index contributed by atoms with van der Waals surface area (Å²) in [4.78, 5) is 35.7. The molecular formula is C12H22N4O4. The molecule has 1 unspecified atom stereocenters. The van der Waals surface area contributed by atoms with Crippen molar-refractivity contribution < 1.29 is 19.5 Å². The van der Waals surface area contributed by atoms with Crippen LogP contribution in [0.2, 0.25) is 0 Å². The second-order valence-corrected chi connectivity index (χ2v) is 4.66. The molecule has 0 radical (unpaired) electrons. The molecule has 8 heteroatoms. The molecule has 1 aliphatic rings. The van der Waals surface area contributed by atoms with Crippen LogP contribution in [0.4, 0.5) is 4.79 Å². The maximum Gasteiger partial charge on any atom is 0.315 e. The van der Waals surface area contributed by atoms with Gasteiger partial charge in [0.1, 0.15) is 0 Å². The van der Waals surface area contributed by atoms with Gasteiger partial charge in [-0.3, -0.25) is 9.59 Å². The molecule has 8 nitrogen and oxygen atoms in total. The van der Waals surface area contributed by atoms with Crippen LogP contribution in [-0.4, -0.2) is 66.7 Å². The molecule has 4 N–H and O–H groups in total. The summed E-state index contributed by atoms with van der Waals surface area (Å²) in [5.41, 5.74) is 0. The van der Waals surface area contributed by atoms with Gasteiger partial charge in [-0.2, -0.15) is 0 Å². The van der Waals surface area contributed by atoms with Crippen molar-refractivity contribution in [3.05, 3.63) is 0 Å². The van der Waals surface area contributed by atoms with Gasteiger partial charge in [0.2, 0.25) is 5.91 Å². The number of piperazine rings is 1. The van der Waals surface area contributed by atoms with Crippen LogP contribution in [-0.2, 0) is 9.59 Å². The monoisotopic (exact) mass is 286 g/mol. The molecule has 0 aromatic heterocycles. The van der Waals surface area contributed by atoms with E-state index in [4.69, 9.17) is 5.11 Å². The maximum absolute atomic E-state index is 11.8. The maximum atomic E-state index is 11.8. The molecule has 0 spiro atoms. The Morgan fingerprint density at radius 2 is 1.95 bits per heavy atom. The first-order valence-corrected chi connectivity index (χ1v) is 6.77. The number of aliphatic carboxylic acids is 1. The average Bonchev–Trinajstić information content (AvgIpc) is 2.44. The number of nitrogens with one attached hydrogen (secondary N) is 3. The van der Waals surface area contributed by atoms with Gasteiger partial charge in [0.05, 0.1) is 13.0 Å². The highest BCUT2D eigenvalue weighted by atomic mass is 16.4. The minimum Gasteiger partial charge on any atom is -0.481 e. The molecule has 0 aliphatic carbocycles. The normalized spacial score (nSPS) is 16.4. The minimum atomic E-state index is -0.964. The van der Waals surface area contributed by atoms with Gasteiger partial charge in [0.25, 0.3) is 0 Å². The summed E-state index contributed by atoms with van der Waals surface area (Å²) in [6, 6.07) is -0.941. The summed E-state index contributed by atoms with van der Waals surface area (Å²) in [6.07, 6.45) is 0.390. The van der Waals surface area contributed by atoms with E-state index in [-0.39, 0.29) is 18.9 Å². The van der Waals surface area contributed by atoms with Crippen molar-refractivity contribution in [1.82, 2.24) is 20.9 Å². The van der Waals surface area contributed by atoms with Crippen LogP contribution < -0.4 is 16.0 Å². The van der Waals surface area contributed by atoms with Gasteiger partial charge in [-0.1, -0.05) is 6.92 Å². The molecule has 1 fully saturated rings. The second kappa shape index (κ2) is 8.36. The Kier molecular flexibility index (Phi) is 6.78. The Balaban J connectivity index is 2.27. The van der Waals surface area contributed by atoms with Crippen LogP contribution in [0.15, 0.2) is 0 Å². The van der Waals surface area contributed by atoms with Gasteiger partial charge in [-0.15, -0.1) is 0 Å². The zero-order chi connectivity index (χ0) is 15.0. The SMILES string of the molecule is CCC(CC(=O)O)NC(=O)NCC(=O)N1CCNCC1. The number of carbonyl (C=O) groups is 3. The quantitative estimate of drug-likeness (QED) is 0.499. The molecule has 1 heterocycles. The number of hydrogen-bond donors (Lipinski definition) is 4. The van der Waals surface area contributed by atoms with Crippen LogP contribution >= 0.6 is 0 Å². The topological polar surface area (TPSA) is 111 Å². The first kappa shape index (κ1) is 16.2. The van der Waals surface area contributed by atoms with E-state index in [0.717, 1.165) is 13.1 Å². The van der Waals surface area contributed by atoms with E-state index in [2.05, 4.69) is 16.0 Å². The third-order valence-corrected chi connectivity index (χ3v) is 3.12. The molecule has 20 heavy (non-hydrogen) atoms. The Morgan fingerprint density at radius 1 is 1.30 bits per heavy atom. The summed E-state index contributed by atoms with van der Waals surface area (Å²) >= 11 is 0. The molecule has 114 valence electrons. The minimum absolute atomic E-state index is 0.0741. The lowest BCUT2D eigenvalue weighted by molar-refractivity contribution is -0.137. The van der Waals surface area contributed by atoms with Gasteiger partial charge in [0.15, 0.2) is 0 Å². The number of amides is 3. The van der Waals surface area contributed by atoms with Crippen molar-refractivity contribution in [1.29, 1.82) is 0 Å². The zero-order valence-electron chi connectivity index (χ0n) is 11.6. The highest BCUT2D eigenvalue weighted by Gasteiger charge is 2.18. The average molecular weight is 286 g/mol. The Morgan fingerprint density at radius 3 is 2.50 bits per heavy atom. The van der Waals surface area contributed by atoms with E-state index < -0.39 is 18.0 Å². The Labute approximate surface area is 117 Å². The van der Waals surface area contributed by atoms with E-state index in [0.29, 0.717) is 19.5 Å². The molecule has 1 aliphatic heterocycles. The second-order valence-electron chi connectivity index (χ2n) is 4.66. The lowest BCUT2D eigenvalue weighted by atomic mass is 10.1. The fraction of sp³-hybridized carbons (Fsp3) is 0.750. The molecule has 0 aromatic rings. The Bertz CT molecular complexity index is 355. The zero-order valence-corrected chi connectivity index (χ0v) is 11.6. The van der Waals surface area contributed by atoms with Crippen LogP contribution in [0, 0.1) is 0 Å². The number of nitrogens with zero attached hydrogens (tertiary/aromatic N) is 1. The summed E-state index contributed by atoms with van der Waals surface area (Å²) in [7, 11) is 0. The fourth-order valence-corrected chi connectivity index (χ4v) is 1.93. The van der Waals surface area contributed by atoms with Crippen molar-refractivity contribution in [3.8, 4) is 0 Å². The van der Waals surface area contributed by atoms with E-state index in [1.807, 2.05) is 0 Å². The standard InChI is InChI=1S/C12H22N4O4/c1-2-9(7-11(18)19)15-12(20)14-8-10(17)16-5-3-13-4-6-16/h9,13H,2-8H2,1H3,(H,18,19)(H2,14,15,20). The third kappa shape index (κ3) is 5.87. The summed E-state index contributed by atoms with van der Waals surface area (Å²) in [5, 5.41) is 16.8. The molecule has 0 saturated carbocycles. The van der Waals surface area contributed by atoms with E-state index in [1.165, 1.54) is 0 Å². The number of carboxylic acids is 1. The summed E-state index contributed by atoms with van der Waals surface area (Å²) < 4.78 is 0. The van der Waals surface area contributed by atoms with Crippen molar-refractivity contribution in [3.63, 3.8) is 0 Å². The molecule has 3 amide bonds. The molecule has 1 saturated heterocycles. The highest BCUT2D eigenvalue weighted by Crippen LogP contribution is 1.97. The highest BCUT2D eigenvalue weighted by molar-refractivity contribution is 5.84. The molecule has 1 rings (SSSR count). The van der Waals surface area contributed by atoms with E-state index in [9.17, 15) is 14.4 Å². The van der Waals surface area contributed by atoms with Crippen molar-refractivity contribution in [2.75, 3.05) is 32.7 Å². The van der Waals surface area contributed by atoms with Crippen molar-refractivity contribution in [2.24, 2.45) is 0 Å². The Hall–Kier alpha value is -1.83. The lowest BCUT2D eigenvalue weighted by Crippen LogP contribution is -2.51. The number of hydrogen-bond acceptors (Lipinski definition) is 4. The van der Waals surface area contributed by atoms with Gasteiger partial charge in [0, 0.05) is 32.2 Å². The molecule has 0 aromatic carbocycles. The summed E-state index contributed by atoms with van der Waals surface area (Å²) in [5.74, 6) is -1.10. The first-order valence-electron chi connectivity index (χ1n) is 6.77. The van der Waals surface area contributed by atoms with Gasteiger partial charge >= 0.3 is 12.0 Å². The summed E-state index contributed by atoms with van der Waals surface area (Å²) in [6.45, 7) is 4.51. The van der Waals surface area contributed by atoms with E-state index >= 15 is 0 Å².